The third-order valence-electron chi connectivity index (χ3n) is 0.718. The molecule has 0 spiro atoms. The second-order valence-corrected chi connectivity index (χ2v) is 1.38. The van der Waals surface area contributed by atoms with Crippen LogP contribution in [0.25, 0.3) is 0 Å². The Labute approximate surface area is 54.8 Å². The van der Waals surface area contributed by atoms with E-state index in [1.807, 2.05) is 6.08 Å². The van der Waals surface area contributed by atoms with Gasteiger partial charge >= 0.3 is 6.47 Å². The fourth-order valence-electron chi connectivity index (χ4n) is 0.361. The zero-order chi connectivity index (χ0) is 6.95. The zero-order valence-corrected chi connectivity index (χ0v) is 5.17. The molecule has 1 radical (unpaired) electrons. The van der Waals surface area contributed by atoms with Gasteiger partial charge in [0.15, 0.2) is 0 Å². The number of hydrogen-bond acceptors (Lipinski definition) is 2. The van der Waals surface area contributed by atoms with Gasteiger partial charge in [0, 0.05) is 0 Å². The van der Waals surface area contributed by atoms with Gasteiger partial charge in [-0.3, -0.25) is 0 Å². The van der Waals surface area contributed by atoms with Crippen LogP contribution >= 0.6 is 0 Å². The maximum atomic E-state index is 9.45. The maximum absolute atomic E-state index is 9.45. The molecule has 0 aromatic heterocycles. The van der Waals surface area contributed by atoms with E-state index in [1.54, 1.807) is 12.2 Å². The van der Waals surface area contributed by atoms with Crippen molar-refractivity contribution in [3.63, 3.8) is 0 Å². The maximum Gasteiger partial charge on any atom is 0.417 e. The zero-order valence-electron chi connectivity index (χ0n) is 5.17. The summed E-state index contributed by atoms with van der Waals surface area (Å²) >= 11 is 0. The molecule has 0 amide bonds. The summed E-state index contributed by atoms with van der Waals surface area (Å²) in [6.45, 7) is 5.21. The SMILES string of the molecule is C=CC=CCCO[C]=O. The second-order valence-electron chi connectivity index (χ2n) is 1.38. The predicted octanol–water partition coefficient (Wildman–Crippen LogP) is 1.20. The van der Waals surface area contributed by atoms with Crippen molar-refractivity contribution in [2.24, 2.45) is 0 Å². The topological polar surface area (TPSA) is 26.3 Å². The van der Waals surface area contributed by atoms with Gasteiger partial charge in [-0.05, 0) is 6.42 Å². The number of hydrogen-bond donors (Lipinski definition) is 0. The molecule has 0 aliphatic heterocycles. The van der Waals surface area contributed by atoms with E-state index in [0.29, 0.717) is 6.61 Å². The molecule has 9 heavy (non-hydrogen) atoms. The van der Waals surface area contributed by atoms with Gasteiger partial charge in [0.2, 0.25) is 0 Å². The summed E-state index contributed by atoms with van der Waals surface area (Å²) < 4.78 is 4.29. The summed E-state index contributed by atoms with van der Waals surface area (Å²) in [5.41, 5.74) is 0. The fourth-order valence-corrected chi connectivity index (χ4v) is 0.361. The lowest BCUT2D eigenvalue weighted by Crippen LogP contribution is -1.87. The third kappa shape index (κ3) is 6.95. The summed E-state index contributed by atoms with van der Waals surface area (Å²) in [5, 5.41) is 0. The van der Waals surface area contributed by atoms with Crippen LogP contribution in [-0.4, -0.2) is 13.1 Å². The first kappa shape index (κ1) is 7.95. The quantitative estimate of drug-likeness (QED) is 0.407. The van der Waals surface area contributed by atoms with Crippen molar-refractivity contribution in [3.8, 4) is 0 Å². The standard InChI is InChI=1S/C7H9O2/c1-2-3-4-5-6-9-7-8/h2-4H,1,5-6H2. The van der Waals surface area contributed by atoms with Crippen LogP contribution in [0.15, 0.2) is 24.8 Å². The number of rotatable bonds is 5. The van der Waals surface area contributed by atoms with Crippen LogP contribution in [-0.2, 0) is 9.53 Å². The van der Waals surface area contributed by atoms with Crippen molar-refractivity contribution in [2.75, 3.05) is 6.61 Å². The first-order valence-corrected chi connectivity index (χ1v) is 2.68. The van der Waals surface area contributed by atoms with Crippen LogP contribution < -0.4 is 0 Å². The average Bonchev–Trinajstić information content (AvgIpc) is 1.89. The normalized spacial score (nSPS) is 9.33. The second kappa shape index (κ2) is 6.95. The van der Waals surface area contributed by atoms with Crippen LogP contribution in [0.2, 0.25) is 0 Å². The molecule has 0 aliphatic rings. The fraction of sp³-hybridized carbons (Fsp3) is 0.286. The molecule has 0 unspecified atom stereocenters. The Morgan fingerprint density at radius 2 is 2.44 bits per heavy atom. The van der Waals surface area contributed by atoms with E-state index < -0.39 is 0 Å². The molecule has 0 aromatic carbocycles. The van der Waals surface area contributed by atoms with Crippen molar-refractivity contribution in [2.45, 2.75) is 6.42 Å². The lowest BCUT2D eigenvalue weighted by atomic mass is 10.4. The first-order chi connectivity index (χ1) is 4.41. The number of allylic oxidation sites excluding steroid dienone is 2. The summed E-state index contributed by atoms with van der Waals surface area (Å²) in [6, 6.07) is 0. The largest absolute Gasteiger partial charge is 0.457 e. The van der Waals surface area contributed by atoms with Crippen LogP contribution in [0, 0.1) is 0 Å². The average molecular weight is 125 g/mol. The minimum atomic E-state index is 0.397. The van der Waals surface area contributed by atoms with Gasteiger partial charge in [-0.15, -0.1) is 0 Å². The Morgan fingerprint density at radius 1 is 1.67 bits per heavy atom. The van der Waals surface area contributed by atoms with Crippen LogP contribution in [0.4, 0.5) is 0 Å². The van der Waals surface area contributed by atoms with E-state index in [1.165, 1.54) is 6.47 Å². The van der Waals surface area contributed by atoms with Gasteiger partial charge in [0.05, 0.1) is 6.61 Å². The number of carbonyl (C=O) groups excluding carboxylic acids is 1. The molecule has 0 fully saturated rings. The van der Waals surface area contributed by atoms with Gasteiger partial charge in [-0.25, -0.2) is 4.79 Å². The summed E-state index contributed by atoms with van der Waals surface area (Å²) in [4.78, 5) is 9.45. The molecule has 0 aromatic rings. The highest BCUT2D eigenvalue weighted by molar-refractivity contribution is 5.38. The Balaban J connectivity index is 2.98. The molecule has 0 N–H and O–H groups in total. The third-order valence-corrected chi connectivity index (χ3v) is 0.718. The minimum absolute atomic E-state index is 0.397. The molecule has 0 heterocycles. The van der Waals surface area contributed by atoms with E-state index in [0.717, 1.165) is 6.42 Å². The van der Waals surface area contributed by atoms with E-state index in [-0.39, 0.29) is 0 Å². The van der Waals surface area contributed by atoms with Crippen molar-refractivity contribution in [1.29, 1.82) is 0 Å². The van der Waals surface area contributed by atoms with Crippen molar-refractivity contribution >= 4 is 6.47 Å². The molecular weight excluding hydrogens is 116 g/mol. The van der Waals surface area contributed by atoms with Gasteiger partial charge in [-0.1, -0.05) is 24.8 Å². The van der Waals surface area contributed by atoms with E-state index in [2.05, 4.69) is 11.3 Å². The Morgan fingerprint density at radius 3 is 3.00 bits per heavy atom. The molecule has 0 saturated heterocycles. The molecular formula is C7H9O2. The van der Waals surface area contributed by atoms with Crippen LogP contribution in [0.3, 0.4) is 0 Å². The monoisotopic (exact) mass is 125 g/mol. The van der Waals surface area contributed by atoms with Crippen molar-refractivity contribution < 1.29 is 9.53 Å². The van der Waals surface area contributed by atoms with Gasteiger partial charge < -0.3 is 4.74 Å². The van der Waals surface area contributed by atoms with Crippen LogP contribution in [0.5, 0.6) is 0 Å². The number of ether oxygens (including phenoxy) is 1. The highest BCUT2D eigenvalue weighted by Gasteiger charge is 1.78. The van der Waals surface area contributed by atoms with Crippen LogP contribution in [0.1, 0.15) is 6.42 Å². The molecule has 0 rings (SSSR count). The van der Waals surface area contributed by atoms with E-state index >= 15 is 0 Å². The smallest absolute Gasteiger partial charge is 0.417 e. The lowest BCUT2D eigenvalue weighted by Gasteiger charge is -1.87. The van der Waals surface area contributed by atoms with Crippen molar-refractivity contribution in [3.05, 3.63) is 24.8 Å². The summed E-state index contributed by atoms with van der Waals surface area (Å²) in [7, 11) is 0. The molecule has 2 nitrogen and oxygen atoms in total. The molecule has 0 saturated carbocycles. The summed E-state index contributed by atoms with van der Waals surface area (Å²) in [5.74, 6) is 0. The highest BCUT2D eigenvalue weighted by Crippen LogP contribution is 1.82. The molecule has 49 valence electrons. The van der Waals surface area contributed by atoms with E-state index in [9.17, 15) is 4.79 Å². The van der Waals surface area contributed by atoms with E-state index in [4.69, 9.17) is 0 Å². The molecule has 0 atom stereocenters. The summed E-state index contributed by atoms with van der Waals surface area (Å²) in [6.07, 6.45) is 6.06. The van der Waals surface area contributed by atoms with Gasteiger partial charge in [-0.2, -0.15) is 0 Å². The molecule has 2 heteroatoms. The lowest BCUT2D eigenvalue weighted by molar-refractivity contribution is 0.284. The van der Waals surface area contributed by atoms with Crippen molar-refractivity contribution in [1.82, 2.24) is 0 Å². The van der Waals surface area contributed by atoms with Gasteiger partial charge in [0.1, 0.15) is 0 Å². The van der Waals surface area contributed by atoms with Gasteiger partial charge in [0.25, 0.3) is 0 Å². The Hall–Kier alpha value is -1.05. The molecule has 0 aliphatic carbocycles. The molecule has 0 bridgehead atoms. The Kier molecular flexibility index (Phi) is 6.14. The Bertz CT molecular complexity index is 105. The predicted molar refractivity (Wildman–Crippen MR) is 35.6 cm³/mol. The highest BCUT2D eigenvalue weighted by atomic mass is 16.5. The minimum Gasteiger partial charge on any atom is -0.457 e. The first-order valence-electron chi connectivity index (χ1n) is 2.68.